The van der Waals surface area contributed by atoms with Crippen molar-refractivity contribution in [2.24, 2.45) is 0 Å². The Kier molecular flexibility index (Phi) is 4.80. The average Bonchev–Trinajstić information content (AvgIpc) is 2.72. The van der Waals surface area contributed by atoms with Crippen molar-refractivity contribution >= 4 is 39.1 Å². The summed E-state index contributed by atoms with van der Waals surface area (Å²) in [4.78, 5) is 0. The number of aromatic nitrogens is 2. The van der Waals surface area contributed by atoms with Crippen LogP contribution in [0.1, 0.15) is 26.5 Å². The SMILES string of the molecule is CC(C)(C)NCc1ccn(-c2c(Cl)cc(Br)cc2Cl)n1. The molecule has 0 fully saturated rings. The van der Waals surface area contributed by atoms with E-state index in [9.17, 15) is 0 Å². The molecule has 0 unspecified atom stereocenters. The van der Waals surface area contributed by atoms with Crippen molar-refractivity contribution in [3.05, 3.63) is 44.6 Å². The molecule has 1 N–H and O–H groups in total. The predicted octanol–water partition coefficient (Wildman–Crippen LogP) is 4.83. The van der Waals surface area contributed by atoms with Crippen molar-refractivity contribution in [2.45, 2.75) is 32.9 Å². The van der Waals surface area contributed by atoms with Crippen molar-refractivity contribution in [3.63, 3.8) is 0 Å². The molecular weight excluding hydrogens is 361 g/mol. The zero-order valence-electron chi connectivity index (χ0n) is 11.5. The standard InChI is InChI=1S/C14H16BrCl2N3/c1-14(2,3)18-8-10-4-5-20(19-10)13-11(16)6-9(15)7-12(13)17/h4-7,18H,8H2,1-3H3. The topological polar surface area (TPSA) is 29.9 Å². The highest BCUT2D eigenvalue weighted by Gasteiger charge is 2.13. The van der Waals surface area contributed by atoms with Gasteiger partial charge < -0.3 is 5.32 Å². The maximum atomic E-state index is 6.24. The quantitative estimate of drug-likeness (QED) is 0.831. The zero-order valence-corrected chi connectivity index (χ0v) is 14.6. The second-order valence-electron chi connectivity index (χ2n) is 5.57. The lowest BCUT2D eigenvalue weighted by Gasteiger charge is -2.19. The van der Waals surface area contributed by atoms with E-state index < -0.39 is 0 Å². The minimum absolute atomic E-state index is 0.0523. The maximum Gasteiger partial charge on any atom is 0.102 e. The summed E-state index contributed by atoms with van der Waals surface area (Å²) in [6, 6.07) is 5.56. The predicted molar refractivity (Wildman–Crippen MR) is 87.9 cm³/mol. The minimum Gasteiger partial charge on any atom is -0.306 e. The summed E-state index contributed by atoms with van der Waals surface area (Å²) in [5, 5.41) is 9.01. The lowest BCUT2D eigenvalue weighted by Crippen LogP contribution is -2.35. The van der Waals surface area contributed by atoms with Gasteiger partial charge in [0.1, 0.15) is 5.69 Å². The first-order chi connectivity index (χ1) is 9.26. The largest absolute Gasteiger partial charge is 0.306 e. The minimum atomic E-state index is 0.0523. The second kappa shape index (κ2) is 6.06. The van der Waals surface area contributed by atoms with Gasteiger partial charge in [-0.25, -0.2) is 4.68 Å². The Morgan fingerprint density at radius 3 is 2.40 bits per heavy atom. The highest BCUT2D eigenvalue weighted by molar-refractivity contribution is 9.10. The van der Waals surface area contributed by atoms with E-state index >= 15 is 0 Å². The number of nitrogens with zero attached hydrogens (tertiary/aromatic N) is 2. The number of benzene rings is 1. The molecule has 0 aliphatic heterocycles. The van der Waals surface area contributed by atoms with Gasteiger partial charge in [0.05, 0.1) is 15.7 Å². The van der Waals surface area contributed by atoms with Gasteiger partial charge in [-0.05, 0) is 39.0 Å². The average molecular weight is 377 g/mol. The van der Waals surface area contributed by atoms with E-state index in [0.29, 0.717) is 22.3 Å². The fraction of sp³-hybridized carbons (Fsp3) is 0.357. The van der Waals surface area contributed by atoms with Crippen molar-refractivity contribution < 1.29 is 0 Å². The van der Waals surface area contributed by atoms with Crippen LogP contribution in [-0.4, -0.2) is 15.3 Å². The third kappa shape index (κ3) is 3.98. The molecule has 0 saturated carbocycles. The summed E-state index contributed by atoms with van der Waals surface area (Å²) in [5.74, 6) is 0. The lowest BCUT2D eigenvalue weighted by atomic mass is 10.1. The van der Waals surface area contributed by atoms with Gasteiger partial charge in [0.25, 0.3) is 0 Å². The van der Waals surface area contributed by atoms with Crippen LogP contribution in [0, 0.1) is 0 Å². The third-order valence-electron chi connectivity index (χ3n) is 2.65. The molecule has 1 aromatic carbocycles. The fourth-order valence-corrected chi connectivity index (χ4v) is 3.07. The Bertz CT molecular complexity index is 594. The molecule has 0 aliphatic carbocycles. The third-order valence-corrected chi connectivity index (χ3v) is 3.69. The van der Waals surface area contributed by atoms with Gasteiger partial charge in [0.2, 0.25) is 0 Å². The Labute approximate surface area is 137 Å². The van der Waals surface area contributed by atoms with Crippen molar-refractivity contribution in [1.29, 1.82) is 0 Å². The summed E-state index contributed by atoms with van der Waals surface area (Å²) in [7, 11) is 0. The summed E-state index contributed by atoms with van der Waals surface area (Å²) >= 11 is 15.8. The molecule has 2 aromatic rings. The molecule has 0 aliphatic rings. The number of halogens is 3. The van der Waals surface area contributed by atoms with Crippen LogP contribution in [0.2, 0.25) is 10.0 Å². The zero-order chi connectivity index (χ0) is 14.9. The molecule has 108 valence electrons. The van der Waals surface area contributed by atoms with E-state index in [1.165, 1.54) is 0 Å². The van der Waals surface area contributed by atoms with Gasteiger partial charge in [0.15, 0.2) is 0 Å². The molecule has 6 heteroatoms. The normalized spacial score (nSPS) is 11.9. The van der Waals surface area contributed by atoms with Gasteiger partial charge in [-0.15, -0.1) is 0 Å². The van der Waals surface area contributed by atoms with Crippen LogP contribution in [0.15, 0.2) is 28.9 Å². The first-order valence-electron chi connectivity index (χ1n) is 6.21. The molecule has 0 atom stereocenters. The molecule has 0 spiro atoms. The first kappa shape index (κ1) is 15.8. The van der Waals surface area contributed by atoms with E-state index in [1.54, 1.807) is 16.8 Å². The van der Waals surface area contributed by atoms with Crippen molar-refractivity contribution in [2.75, 3.05) is 0 Å². The van der Waals surface area contributed by atoms with E-state index in [0.717, 1.165) is 10.2 Å². The van der Waals surface area contributed by atoms with Crippen molar-refractivity contribution in [1.82, 2.24) is 15.1 Å². The highest BCUT2D eigenvalue weighted by Crippen LogP contribution is 2.31. The molecule has 3 nitrogen and oxygen atoms in total. The monoisotopic (exact) mass is 375 g/mol. The summed E-state index contributed by atoms with van der Waals surface area (Å²) in [5.41, 5.74) is 1.69. The number of hydrogen-bond acceptors (Lipinski definition) is 2. The summed E-state index contributed by atoms with van der Waals surface area (Å²) in [6.07, 6.45) is 1.86. The molecule has 0 radical (unpaired) electrons. The lowest BCUT2D eigenvalue weighted by molar-refractivity contribution is 0.420. The molecule has 0 saturated heterocycles. The van der Waals surface area contributed by atoms with E-state index in [2.05, 4.69) is 47.1 Å². The molecule has 0 amide bonds. The molecule has 0 bridgehead atoms. The van der Waals surface area contributed by atoms with Gasteiger partial charge in [-0.2, -0.15) is 5.10 Å². The first-order valence-corrected chi connectivity index (χ1v) is 7.76. The number of rotatable bonds is 3. The Balaban J connectivity index is 2.25. The Morgan fingerprint density at radius 1 is 1.25 bits per heavy atom. The van der Waals surface area contributed by atoms with Crippen LogP contribution < -0.4 is 5.32 Å². The van der Waals surface area contributed by atoms with E-state index in [4.69, 9.17) is 23.2 Å². The molecule has 1 aromatic heterocycles. The maximum absolute atomic E-state index is 6.24. The van der Waals surface area contributed by atoms with Crippen LogP contribution in [0.4, 0.5) is 0 Å². The molecular formula is C14H16BrCl2N3. The Morgan fingerprint density at radius 2 is 1.85 bits per heavy atom. The van der Waals surface area contributed by atoms with E-state index in [1.807, 2.05) is 12.3 Å². The summed E-state index contributed by atoms with van der Waals surface area (Å²) in [6.45, 7) is 7.05. The second-order valence-corrected chi connectivity index (χ2v) is 7.30. The van der Waals surface area contributed by atoms with E-state index in [-0.39, 0.29) is 5.54 Å². The van der Waals surface area contributed by atoms with Gasteiger partial charge in [0, 0.05) is 22.8 Å². The van der Waals surface area contributed by atoms with Gasteiger partial charge >= 0.3 is 0 Å². The van der Waals surface area contributed by atoms with Crippen LogP contribution in [0.5, 0.6) is 0 Å². The van der Waals surface area contributed by atoms with Gasteiger partial charge in [-0.3, -0.25) is 0 Å². The van der Waals surface area contributed by atoms with Crippen LogP contribution >= 0.6 is 39.1 Å². The molecule has 20 heavy (non-hydrogen) atoms. The fourth-order valence-electron chi connectivity index (χ4n) is 1.69. The van der Waals surface area contributed by atoms with Gasteiger partial charge in [-0.1, -0.05) is 39.1 Å². The number of hydrogen-bond donors (Lipinski definition) is 1. The number of nitrogens with one attached hydrogen (secondary N) is 1. The molecule has 2 rings (SSSR count). The van der Waals surface area contributed by atoms with Crippen molar-refractivity contribution in [3.8, 4) is 5.69 Å². The summed E-state index contributed by atoms with van der Waals surface area (Å²) < 4.78 is 2.55. The molecule has 1 heterocycles. The van der Waals surface area contributed by atoms with Crippen LogP contribution in [0.3, 0.4) is 0 Å². The highest BCUT2D eigenvalue weighted by atomic mass is 79.9. The van der Waals surface area contributed by atoms with Crippen LogP contribution in [0.25, 0.3) is 5.69 Å². The van der Waals surface area contributed by atoms with Crippen LogP contribution in [-0.2, 0) is 6.54 Å². The smallest absolute Gasteiger partial charge is 0.102 e. The Hall–Kier alpha value is -0.550.